The minimum Gasteiger partial charge on any atom is -0.492 e. The molecule has 1 aliphatic carbocycles. The summed E-state index contributed by atoms with van der Waals surface area (Å²) in [5.41, 5.74) is 7.34. The summed E-state index contributed by atoms with van der Waals surface area (Å²) in [5, 5.41) is 0.808. The Bertz CT molecular complexity index is 380. The van der Waals surface area contributed by atoms with Gasteiger partial charge in [-0.1, -0.05) is 19.3 Å². The smallest absolute Gasteiger partial charge is 0.137 e. The van der Waals surface area contributed by atoms with E-state index in [2.05, 4.69) is 4.98 Å². The number of hydrogen-bond acceptors (Lipinski definition) is 4. The Kier molecular flexibility index (Phi) is 5.98. The van der Waals surface area contributed by atoms with Crippen molar-refractivity contribution >= 4 is 11.8 Å². The Balaban J connectivity index is 1.84. The van der Waals surface area contributed by atoms with Crippen molar-refractivity contribution in [2.45, 2.75) is 50.3 Å². The van der Waals surface area contributed by atoms with E-state index in [9.17, 15) is 0 Å². The molecular formula is C15H24N2OS. The van der Waals surface area contributed by atoms with Gasteiger partial charge < -0.3 is 10.5 Å². The maximum Gasteiger partial charge on any atom is 0.137 e. The summed E-state index contributed by atoms with van der Waals surface area (Å²) in [7, 11) is 0. The molecule has 0 radical (unpaired) electrons. The van der Waals surface area contributed by atoms with Crippen LogP contribution in [0.3, 0.4) is 0 Å². The Morgan fingerprint density at radius 1 is 1.37 bits per heavy atom. The molecule has 1 heterocycles. The van der Waals surface area contributed by atoms with Crippen molar-refractivity contribution in [3.05, 3.63) is 24.0 Å². The Labute approximate surface area is 120 Å². The largest absolute Gasteiger partial charge is 0.492 e. The lowest BCUT2D eigenvalue weighted by Gasteiger charge is -2.22. The summed E-state index contributed by atoms with van der Waals surface area (Å²) < 4.78 is 5.47. The number of nitrogens with two attached hydrogens (primary N) is 1. The van der Waals surface area contributed by atoms with Crippen molar-refractivity contribution in [2.24, 2.45) is 5.73 Å². The van der Waals surface area contributed by atoms with Gasteiger partial charge in [0.25, 0.3) is 0 Å². The lowest BCUT2D eigenvalue weighted by molar-refractivity contribution is 0.338. The van der Waals surface area contributed by atoms with Crippen LogP contribution >= 0.6 is 11.8 Å². The van der Waals surface area contributed by atoms with Gasteiger partial charge in [-0.25, -0.2) is 0 Å². The fraction of sp³-hybridized carbons (Fsp3) is 0.667. The molecule has 0 aliphatic heterocycles. The fourth-order valence-electron chi connectivity index (χ4n) is 2.45. The van der Waals surface area contributed by atoms with Gasteiger partial charge in [0.2, 0.25) is 0 Å². The van der Waals surface area contributed by atoms with Gasteiger partial charge in [-0.2, -0.15) is 11.8 Å². The Morgan fingerprint density at radius 2 is 2.16 bits per heavy atom. The van der Waals surface area contributed by atoms with E-state index in [1.165, 1.54) is 32.1 Å². The molecule has 1 unspecified atom stereocenters. The first kappa shape index (κ1) is 14.7. The first-order chi connectivity index (χ1) is 9.29. The van der Waals surface area contributed by atoms with Crippen molar-refractivity contribution < 1.29 is 4.74 Å². The topological polar surface area (TPSA) is 48.1 Å². The molecule has 1 fully saturated rings. The number of nitrogens with zero attached hydrogens (tertiary/aromatic N) is 1. The molecule has 4 heteroatoms. The van der Waals surface area contributed by atoms with E-state index >= 15 is 0 Å². The Hall–Kier alpha value is -0.740. The van der Waals surface area contributed by atoms with Crippen molar-refractivity contribution in [3.8, 4) is 5.75 Å². The molecular weight excluding hydrogens is 256 g/mol. The van der Waals surface area contributed by atoms with Gasteiger partial charge in [0.15, 0.2) is 0 Å². The SMILES string of the molecule is CCOc1cncc(C(N)CSC2CCCCC2)c1. The first-order valence-corrected chi connectivity index (χ1v) is 8.29. The molecule has 1 atom stereocenters. The summed E-state index contributed by atoms with van der Waals surface area (Å²) in [4.78, 5) is 4.20. The van der Waals surface area contributed by atoms with Gasteiger partial charge in [0.1, 0.15) is 5.75 Å². The summed E-state index contributed by atoms with van der Waals surface area (Å²) >= 11 is 2.03. The van der Waals surface area contributed by atoms with E-state index in [0.29, 0.717) is 6.61 Å². The first-order valence-electron chi connectivity index (χ1n) is 7.24. The quantitative estimate of drug-likeness (QED) is 0.865. The van der Waals surface area contributed by atoms with E-state index in [0.717, 1.165) is 22.3 Å². The van der Waals surface area contributed by atoms with Crippen LogP contribution in [0.1, 0.15) is 50.6 Å². The highest BCUT2D eigenvalue weighted by Crippen LogP contribution is 2.30. The van der Waals surface area contributed by atoms with Crippen LogP contribution in [-0.2, 0) is 0 Å². The van der Waals surface area contributed by atoms with Gasteiger partial charge in [-0.05, 0) is 31.4 Å². The number of pyridine rings is 1. The van der Waals surface area contributed by atoms with Gasteiger partial charge in [0, 0.05) is 23.2 Å². The van der Waals surface area contributed by atoms with Crippen LogP contribution in [0.5, 0.6) is 5.75 Å². The highest BCUT2D eigenvalue weighted by atomic mass is 32.2. The van der Waals surface area contributed by atoms with Gasteiger partial charge in [0.05, 0.1) is 12.8 Å². The van der Waals surface area contributed by atoms with Crippen LogP contribution in [-0.4, -0.2) is 22.6 Å². The maximum atomic E-state index is 6.26. The molecule has 1 aliphatic rings. The lowest BCUT2D eigenvalue weighted by atomic mass is 10.0. The summed E-state index contributed by atoms with van der Waals surface area (Å²) in [5.74, 6) is 1.79. The minimum absolute atomic E-state index is 0.0554. The summed E-state index contributed by atoms with van der Waals surface area (Å²) in [6.07, 6.45) is 10.5. The Morgan fingerprint density at radius 3 is 2.89 bits per heavy atom. The molecule has 3 nitrogen and oxygen atoms in total. The molecule has 1 aromatic rings. The number of rotatable bonds is 6. The number of aromatic nitrogens is 1. The predicted molar refractivity (Wildman–Crippen MR) is 81.7 cm³/mol. The van der Waals surface area contributed by atoms with Gasteiger partial charge in [-0.3, -0.25) is 4.98 Å². The monoisotopic (exact) mass is 280 g/mol. The number of hydrogen-bond donors (Lipinski definition) is 1. The predicted octanol–water partition coefficient (Wildman–Crippen LogP) is 3.55. The van der Waals surface area contributed by atoms with Gasteiger partial charge >= 0.3 is 0 Å². The zero-order valence-electron chi connectivity index (χ0n) is 11.7. The lowest BCUT2D eigenvalue weighted by Crippen LogP contribution is -2.17. The van der Waals surface area contributed by atoms with E-state index in [1.807, 2.05) is 30.9 Å². The second-order valence-corrected chi connectivity index (χ2v) is 6.42. The minimum atomic E-state index is 0.0554. The molecule has 0 spiro atoms. The summed E-state index contributed by atoms with van der Waals surface area (Å²) in [6, 6.07) is 2.07. The van der Waals surface area contributed by atoms with Crippen LogP contribution in [0.4, 0.5) is 0 Å². The third-order valence-corrected chi connectivity index (χ3v) is 5.03. The van der Waals surface area contributed by atoms with E-state index in [4.69, 9.17) is 10.5 Å². The number of ether oxygens (including phenoxy) is 1. The molecule has 19 heavy (non-hydrogen) atoms. The molecule has 106 valence electrons. The van der Waals surface area contributed by atoms with E-state index in [-0.39, 0.29) is 6.04 Å². The zero-order valence-corrected chi connectivity index (χ0v) is 12.5. The molecule has 0 saturated heterocycles. The highest BCUT2D eigenvalue weighted by molar-refractivity contribution is 7.99. The third kappa shape index (κ3) is 4.69. The van der Waals surface area contributed by atoms with Crippen LogP contribution in [0, 0.1) is 0 Å². The number of thioether (sulfide) groups is 1. The van der Waals surface area contributed by atoms with Crippen molar-refractivity contribution in [3.63, 3.8) is 0 Å². The molecule has 1 saturated carbocycles. The molecule has 2 N–H and O–H groups in total. The normalized spacial score (nSPS) is 18.2. The summed E-state index contributed by atoms with van der Waals surface area (Å²) in [6.45, 7) is 2.64. The van der Waals surface area contributed by atoms with Crippen LogP contribution in [0.25, 0.3) is 0 Å². The molecule has 0 bridgehead atoms. The zero-order chi connectivity index (χ0) is 13.5. The molecule has 1 aromatic heterocycles. The molecule has 0 amide bonds. The van der Waals surface area contributed by atoms with Gasteiger partial charge in [-0.15, -0.1) is 0 Å². The molecule has 2 rings (SSSR count). The van der Waals surface area contributed by atoms with Crippen molar-refractivity contribution in [2.75, 3.05) is 12.4 Å². The van der Waals surface area contributed by atoms with Crippen LogP contribution in [0.2, 0.25) is 0 Å². The molecule has 0 aromatic carbocycles. The average molecular weight is 280 g/mol. The van der Waals surface area contributed by atoms with E-state index < -0.39 is 0 Å². The van der Waals surface area contributed by atoms with Crippen molar-refractivity contribution in [1.82, 2.24) is 4.98 Å². The average Bonchev–Trinajstić information content (AvgIpc) is 2.46. The highest BCUT2D eigenvalue weighted by Gasteiger charge is 2.16. The van der Waals surface area contributed by atoms with Crippen LogP contribution in [0.15, 0.2) is 18.5 Å². The standard InChI is InChI=1S/C15H24N2OS/c1-2-18-13-8-12(9-17-10-13)15(16)11-19-14-6-4-3-5-7-14/h8-10,14-15H,2-7,11,16H2,1H3. The third-order valence-electron chi connectivity index (χ3n) is 3.54. The van der Waals surface area contributed by atoms with Crippen LogP contribution < -0.4 is 10.5 Å². The van der Waals surface area contributed by atoms with E-state index in [1.54, 1.807) is 6.20 Å². The second kappa shape index (κ2) is 7.75. The fourth-order valence-corrected chi connectivity index (χ4v) is 3.79. The second-order valence-electron chi connectivity index (χ2n) is 5.09. The van der Waals surface area contributed by atoms with Crippen molar-refractivity contribution in [1.29, 1.82) is 0 Å². The maximum absolute atomic E-state index is 6.26.